The van der Waals surface area contributed by atoms with Crippen LogP contribution in [0.5, 0.6) is 5.75 Å². The monoisotopic (exact) mass is 440 g/mol. The minimum atomic E-state index is -0.307. The van der Waals surface area contributed by atoms with Crippen molar-refractivity contribution in [2.75, 3.05) is 30.8 Å². The number of benzene rings is 1. The average Bonchev–Trinajstić information content (AvgIpc) is 2.80. The van der Waals surface area contributed by atoms with E-state index in [9.17, 15) is 14.4 Å². The molecule has 1 heterocycles. The lowest BCUT2D eigenvalue weighted by atomic mass is 10.2. The zero-order valence-corrected chi connectivity index (χ0v) is 19.0. The molecule has 0 saturated heterocycles. The van der Waals surface area contributed by atoms with Crippen molar-refractivity contribution < 1.29 is 19.1 Å². The van der Waals surface area contributed by atoms with Crippen molar-refractivity contribution in [2.45, 2.75) is 46.0 Å². The van der Waals surface area contributed by atoms with Crippen LogP contribution in [-0.2, 0) is 9.59 Å². The Morgan fingerprint density at radius 3 is 2.41 bits per heavy atom. The molecule has 0 radical (unpaired) electrons. The van der Waals surface area contributed by atoms with Gasteiger partial charge in [0.1, 0.15) is 5.75 Å². The van der Waals surface area contributed by atoms with E-state index < -0.39 is 0 Å². The van der Waals surface area contributed by atoms with Gasteiger partial charge in [-0.3, -0.25) is 19.4 Å². The van der Waals surface area contributed by atoms with Crippen LogP contribution in [0.1, 0.15) is 56.3 Å². The molecule has 0 bridgehead atoms. The SMILES string of the molecule is CCCN(CCC)C(=O)CCCC(=O)Nc1ccc(NC(=O)c2cccnc2)c(OC)c1. The van der Waals surface area contributed by atoms with Gasteiger partial charge < -0.3 is 20.3 Å². The number of pyridine rings is 1. The van der Waals surface area contributed by atoms with Crippen LogP contribution in [-0.4, -0.2) is 47.8 Å². The fourth-order valence-electron chi connectivity index (χ4n) is 3.25. The maximum Gasteiger partial charge on any atom is 0.257 e. The van der Waals surface area contributed by atoms with E-state index >= 15 is 0 Å². The Labute approximate surface area is 189 Å². The molecule has 2 rings (SSSR count). The molecule has 3 amide bonds. The van der Waals surface area contributed by atoms with Gasteiger partial charge >= 0.3 is 0 Å². The van der Waals surface area contributed by atoms with E-state index in [1.807, 2.05) is 18.7 Å². The van der Waals surface area contributed by atoms with Crippen LogP contribution in [0.25, 0.3) is 0 Å². The van der Waals surface area contributed by atoms with Gasteiger partial charge in [-0.15, -0.1) is 0 Å². The van der Waals surface area contributed by atoms with E-state index in [1.165, 1.54) is 13.3 Å². The molecule has 172 valence electrons. The molecule has 32 heavy (non-hydrogen) atoms. The molecule has 2 aromatic rings. The smallest absolute Gasteiger partial charge is 0.257 e. The fraction of sp³-hybridized carbons (Fsp3) is 0.417. The molecule has 1 aromatic carbocycles. The molecule has 0 aliphatic heterocycles. The molecule has 0 aliphatic carbocycles. The van der Waals surface area contributed by atoms with Gasteiger partial charge in [-0.2, -0.15) is 0 Å². The lowest BCUT2D eigenvalue weighted by Crippen LogP contribution is -2.32. The highest BCUT2D eigenvalue weighted by atomic mass is 16.5. The zero-order chi connectivity index (χ0) is 23.3. The topological polar surface area (TPSA) is 101 Å². The number of amides is 3. The third kappa shape index (κ3) is 7.68. The summed E-state index contributed by atoms with van der Waals surface area (Å²) in [6.07, 6.45) is 6.02. The first-order valence-electron chi connectivity index (χ1n) is 11.0. The van der Waals surface area contributed by atoms with Crippen LogP contribution >= 0.6 is 0 Å². The fourth-order valence-corrected chi connectivity index (χ4v) is 3.25. The number of nitrogens with one attached hydrogen (secondary N) is 2. The Morgan fingerprint density at radius 1 is 1.03 bits per heavy atom. The number of aromatic nitrogens is 1. The largest absolute Gasteiger partial charge is 0.494 e. The summed E-state index contributed by atoms with van der Waals surface area (Å²) in [5.74, 6) is 0.0319. The van der Waals surface area contributed by atoms with E-state index in [4.69, 9.17) is 4.74 Å². The Hall–Kier alpha value is -3.42. The molecule has 0 atom stereocenters. The third-order valence-electron chi connectivity index (χ3n) is 4.79. The normalized spacial score (nSPS) is 10.3. The van der Waals surface area contributed by atoms with Crippen LogP contribution in [0, 0.1) is 0 Å². The van der Waals surface area contributed by atoms with Gasteiger partial charge in [-0.25, -0.2) is 0 Å². The molecule has 0 saturated carbocycles. The van der Waals surface area contributed by atoms with Crippen molar-refractivity contribution in [3.8, 4) is 5.75 Å². The minimum Gasteiger partial charge on any atom is -0.494 e. The summed E-state index contributed by atoms with van der Waals surface area (Å²) < 4.78 is 5.36. The van der Waals surface area contributed by atoms with Crippen LogP contribution < -0.4 is 15.4 Å². The van der Waals surface area contributed by atoms with Gasteiger partial charge in [0, 0.05) is 50.1 Å². The van der Waals surface area contributed by atoms with Crippen LogP contribution in [0.3, 0.4) is 0 Å². The number of hydrogen-bond donors (Lipinski definition) is 2. The van der Waals surface area contributed by atoms with Gasteiger partial charge in [-0.05, 0) is 43.5 Å². The standard InChI is InChI=1S/C24H32N4O4/c1-4-14-28(15-5-2)23(30)10-6-9-22(29)26-19-11-12-20(21(16-19)32-3)27-24(31)18-8-7-13-25-17-18/h7-8,11-13,16-17H,4-6,9-10,14-15H2,1-3H3,(H,26,29)(H,27,31). The highest BCUT2D eigenvalue weighted by molar-refractivity contribution is 6.05. The quantitative estimate of drug-likeness (QED) is 0.517. The number of anilines is 2. The summed E-state index contributed by atoms with van der Waals surface area (Å²) in [5, 5.41) is 5.59. The van der Waals surface area contributed by atoms with Gasteiger partial charge in [0.15, 0.2) is 0 Å². The summed E-state index contributed by atoms with van der Waals surface area (Å²) in [6, 6.07) is 8.35. The predicted octanol–water partition coefficient (Wildman–Crippen LogP) is 4.10. The first-order chi connectivity index (χ1) is 15.5. The highest BCUT2D eigenvalue weighted by Gasteiger charge is 2.14. The Balaban J connectivity index is 1.89. The summed E-state index contributed by atoms with van der Waals surface area (Å²) in [7, 11) is 1.49. The summed E-state index contributed by atoms with van der Waals surface area (Å²) >= 11 is 0. The lowest BCUT2D eigenvalue weighted by molar-refractivity contribution is -0.131. The van der Waals surface area contributed by atoms with E-state index in [1.54, 1.807) is 36.5 Å². The maximum absolute atomic E-state index is 12.3. The Bertz CT molecular complexity index is 896. The maximum atomic E-state index is 12.3. The predicted molar refractivity (Wildman–Crippen MR) is 125 cm³/mol. The number of rotatable bonds is 12. The van der Waals surface area contributed by atoms with E-state index in [2.05, 4.69) is 15.6 Å². The molecule has 0 aliphatic rings. The second-order valence-corrected chi connectivity index (χ2v) is 7.39. The number of methoxy groups -OCH3 is 1. The van der Waals surface area contributed by atoms with Crippen molar-refractivity contribution >= 4 is 29.1 Å². The minimum absolute atomic E-state index is 0.0943. The summed E-state index contributed by atoms with van der Waals surface area (Å²) in [4.78, 5) is 42.8. The third-order valence-corrected chi connectivity index (χ3v) is 4.79. The van der Waals surface area contributed by atoms with Crippen LogP contribution in [0.2, 0.25) is 0 Å². The number of ether oxygens (including phenoxy) is 1. The zero-order valence-electron chi connectivity index (χ0n) is 19.0. The first-order valence-corrected chi connectivity index (χ1v) is 11.0. The number of hydrogen-bond acceptors (Lipinski definition) is 5. The summed E-state index contributed by atoms with van der Waals surface area (Å²) in [5.41, 5.74) is 1.46. The second kappa shape index (κ2) is 13.1. The molecule has 0 spiro atoms. The highest BCUT2D eigenvalue weighted by Crippen LogP contribution is 2.28. The van der Waals surface area contributed by atoms with E-state index in [0.717, 1.165) is 25.9 Å². The molecular formula is C24H32N4O4. The van der Waals surface area contributed by atoms with Crippen molar-refractivity contribution in [3.63, 3.8) is 0 Å². The molecule has 0 fully saturated rings. The van der Waals surface area contributed by atoms with Crippen LogP contribution in [0.4, 0.5) is 11.4 Å². The van der Waals surface area contributed by atoms with Crippen molar-refractivity contribution in [3.05, 3.63) is 48.3 Å². The van der Waals surface area contributed by atoms with Gasteiger partial charge in [0.2, 0.25) is 11.8 Å². The number of carbonyl (C=O) groups is 3. The first kappa shape index (κ1) is 24.8. The molecular weight excluding hydrogens is 408 g/mol. The van der Waals surface area contributed by atoms with Gasteiger partial charge in [-0.1, -0.05) is 13.8 Å². The average molecular weight is 441 g/mol. The van der Waals surface area contributed by atoms with Crippen molar-refractivity contribution in [1.82, 2.24) is 9.88 Å². The van der Waals surface area contributed by atoms with Crippen molar-refractivity contribution in [1.29, 1.82) is 0 Å². The van der Waals surface area contributed by atoms with Gasteiger partial charge in [0.25, 0.3) is 5.91 Å². The number of nitrogens with zero attached hydrogens (tertiary/aromatic N) is 2. The Kier molecular flexibility index (Phi) is 10.2. The van der Waals surface area contributed by atoms with Crippen molar-refractivity contribution in [2.24, 2.45) is 0 Å². The van der Waals surface area contributed by atoms with E-state index in [-0.39, 0.29) is 24.1 Å². The molecule has 8 heteroatoms. The molecule has 8 nitrogen and oxygen atoms in total. The van der Waals surface area contributed by atoms with E-state index in [0.29, 0.717) is 35.5 Å². The second-order valence-electron chi connectivity index (χ2n) is 7.39. The molecule has 0 unspecified atom stereocenters. The summed E-state index contributed by atoms with van der Waals surface area (Å²) in [6.45, 7) is 5.60. The Morgan fingerprint density at radius 2 is 1.78 bits per heavy atom. The van der Waals surface area contributed by atoms with Crippen LogP contribution in [0.15, 0.2) is 42.7 Å². The molecule has 2 N–H and O–H groups in total. The molecule has 1 aromatic heterocycles. The number of carbonyl (C=O) groups excluding carboxylic acids is 3. The lowest BCUT2D eigenvalue weighted by Gasteiger charge is -2.21. The van der Waals surface area contributed by atoms with Gasteiger partial charge in [0.05, 0.1) is 18.4 Å².